The van der Waals surface area contributed by atoms with Crippen LogP contribution in [0.1, 0.15) is 44.9 Å². The van der Waals surface area contributed by atoms with Crippen LogP contribution in [0.15, 0.2) is 18.2 Å². The second-order valence-electron chi connectivity index (χ2n) is 7.14. The molecular weight excluding hydrogens is 320 g/mol. The molecular formula is C19H24N2O4. The fraction of sp³-hybridized carbons (Fsp3) is 0.579. The third-order valence-corrected chi connectivity index (χ3v) is 5.37. The number of carbonyl (C=O) groups excluding carboxylic acids is 2. The van der Waals surface area contributed by atoms with E-state index in [0.717, 1.165) is 18.5 Å². The van der Waals surface area contributed by atoms with Gasteiger partial charge in [0.15, 0.2) is 11.5 Å². The lowest BCUT2D eigenvalue weighted by atomic mass is 10.0. The van der Waals surface area contributed by atoms with Gasteiger partial charge in [0.2, 0.25) is 18.6 Å². The Kier molecular flexibility index (Phi) is 4.51. The van der Waals surface area contributed by atoms with Gasteiger partial charge in [-0.25, -0.2) is 0 Å². The standard InChI is InChI=1S/C19H24N2O4/c22-18-9-13(19(23)20-14-5-3-1-2-4-6-14)11-21(18)15-7-8-16-17(10-15)25-12-24-16/h7-8,10,13-14H,1-6,9,11-12H2,(H,20,23)/t13-/m1/s1. The fourth-order valence-corrected chi connectivity index (χ4v) is 3.93. The van der Waals surface area contributed by atoms with Gasteiger partial charge in [0.1, 0.15) is 0 Å². The number of benzene rings is 1. The van der Waals surface area contributed by atoms with E-state index >= 15 is 0 Å². The molecule has 0 unspecified atom stereocenters. The van der Waals surface area contributed by atoms with Crippen molar-refractivity contribution in [3.63, 3.8) is 0 Å². The van der Waals surface area contributed by atoms with Crippen LogP contribution >= 0.6 is 0 Å². The molecule has 1 saturated heterocycles. The Labute approximate surface area is 147 Å². The Hall–Kier alpha value is -2.24. The smallest absolute Gasteiger partial charge is 0.231 e. The lowest BCUT2D eigenvalue weighted by molar-refractivity contribution is -0.127. The highest BCUT2D eigenvalue weighted by atomic mass is 16.7. The van der Waals surface area contributed by atoms with Crippen LogP contribution in [0.5, 0.6) is 11.5 Å². The Balaban J connectivity index is 1.40. The van der Waals surface area contributed by atoms with E-state index in [-0.39, 0.29) is 37.0 Å². The Morgan fingerprint density at radius 1 is 1.08 bits per heavy atom. The van der Waals surface area contributed by atoms with Gasteiger partial charge >= 0.3 is 0 Å². The predicted molar refractivity (Wildman–Crippen MR) is 92.7 cm³/mol. The largest absolute Gasteiger partial charge is 0.454 e. The molecule has 0 spiro atoms. The van der Waals surface area contributed by atoms with Crippen molar-refractivity contribution < 1.29 is 19.1 Å². The van der Waals surface area contributed by atoms with Gasteiger partial charge in [0, 0.05) is 30.8 Å². The molecule has 6 nitrogen and oxygen atoms in total. The lowest BCUT2D eigenvalue weighted by Crippen LogP contribution is -2.39. The third-order valence-electron chi connectivity index (χ3n) is 5.37. The number of nitrogens with one attached hydrogen (secondary N) is 1. The summed E-state index contributed by atoms with van der Waals surface area (Å²) in [6, 6.07) is 5.73. The highest BCUT2D eigenvalue weighted by molar-refractivity contribution is 6.00. The summed E-state index contributed by atoms with van der Waals surface area (Å²) in [5.74, 6) is 1.07. The first-order valence-corrected chi connectivity index (χ1v) is 9.21. The maximum atomic E-state index is 12.6. The maximum Gasteiger partial charge on any atom is 0.231 e. The molecule has 1 atom stereocenters. The lowest BCUT2D eigenvalue weighted by Gasteiger charge is -2.20. The molecule has 2 fully saturated rings. The normalized spacial score (nSPS) is 23.6. The molecule has 6 heteroatoms. The number of fused-ring (bicyclic) bond motifs is 1. The molecule has 0 radical (unpaired) electrons. The van der Waals surface area contributed by atoms with Gasteiger partial charge in [-0.3, -0.25) is 9.59 Å². The van der Waals surface area contributed by atoms with Crippen LogP contribution in [-0.2, 0) is 9.59 Å². The van der Waals surface area contributed by atoms with Gasteiger partial charge < -0.3 is 19.7 Å². The highest BCUT2D eigenvalue weighted by Gasteiger charge is 2.36. The molecule has 1 aromatic rings. The molecule has 2 heterocycles. The summed E-state index contributed by atoms with van der Waals surface area (Å²) in [5, 5.41) is 3.17. The van der Waals surface area contributed by atoms with Crippen molar-refractivity contribution >= 4 is 17.5 Å². The van der Waals surface area contributed by atoms with E-state index in [2.05, 4.69) is 5.32 Å². The van der Waals surface area contributed by atoms with Gasteiger partial charge in [0.05, 0.1) is 5.92 Å². The minimum atomic E-state index is -0.277. The quantitative estimate of drug-likeness (QED) is 0.856. The van der Waals surface area contributed by atoms with Crippen molar-refractivity contribution in [3.05, 3.63) is 18.2 Å². The van der Waals surface area contributed by atoms with Crippen molar-refractivity contribution in [1.82, 2.24) is 5.32 Å². The molecule has 0 bridgehead atoms. The van der Waals surface area contributed by atoms with Crippen molar-refractivity contribution in [2.45, 2.75) is 51.0 Å². The summed E-state index contributed by atoms with van der Waals surface area (Å²) in [7, 11) is 0. The zero-order valence-corrected chi connectivity index (χ0v) is 14.3. The van der Waals surface area contributed by atoms with E-state index in [9.17, 15) is 9.59 Å². The average Bonchev–Trinajstić information content (AvgIpc) is 3.15. The van der Waals surface area contributed by atoms with Crippen molar-refractivity contribution in [3.8, 4) is 11.5 Å². The van der Waals surface area contributed by atoms with E-state index in [1.165, 1.54) is 25.7 Å². The molecule has 1 aliphatic carbocycles. The fourth-order valence-electron chi connectivity index (χ4n) is 3.93. The minimum absolute atomic E-state index is 0.0140. The molecule has 2 aliphatic heterocycles. The van der Waals surface area contributed by atoms with Crippen LogP contribution < -0.4 is 19.7 Å². The summed E-state index contributed by atoms with van der Waals surface area (Å²) >= 11 is 0. The molecule has 134 valence electrons. The number of hydrogen-bond donors (Lipinski definition) is 1. The van der Waals surface area contributed by atoms with Crippen molar-refractivity contribution in [2.75, 3.05) is 18.2 Å². The predicted octanol–water partition coefficient (Wildman–Crippen LogP) is 2.61. The second kappa shape index (κ2) is 6.94. The molecule has 25 heavy (non-hydrogen) atoms. The van der Waals surface area contributed by atoms with E-state index in [0.29, 0.717) is 18.0 Å². The zero-order valence-electron chi connectivity index (χ0n) is 14.3. The van der Waals surface area contributed by atoms with Gasteiger partial charge in [-0.15, -0.1) is 0 Å². The van der Waals surface area contributed by atoms with Crippen LogP contribution in [0, 0.1) is 5.92 Å². The zero-order chi connectivity index (χ0) is 17.2. The number of hydrogen-bond acceptors (Lipinski definition) is 4. The first-order valence-electron chi connectivity index (χ1n) is 9.21. The van der Waals surface area contributed by atoms with Crippen LogP contribution in [0.3, 0.4) is 0 Å². The molecule has 0 aromatic heterocycles. The minimum Gasteiger partial charge on any atom is -0.454 e. The second-order valence-corrected chi connectivity index (χ2v) is 7.14. The number of ether oxygens (including phenoxy) is 2. The SMILES string of the molecule is O=C(NC1CCCCCC1)[C@@H]1CC(=O)N(c2ccc3c(c2)OCO3)C1. The number of carbonyl (C=O) groups is 2. The topological polar surface area (TPSA) is 67.9 Å². The van der Waals surface area contributed by atoms with Crippen LogP contribution in [0.2, 0.25) is 0 Å². The summed E-state index contributed by atoms with van der Waals surface area (Å²) in [6.45, 7) is 0.635. The van der Waals surface area contributed by atoms with Gasteiger partial charge in [-0.05, 0) is 25.0 Å². The van der Waals surface area contributed by atoms with E-state index in [4.69, 9.17) is 9.47 Å². The highest BCUT2D eigenvalue weighted by Crippen LogP contribution is 2.37. The van der Waals surface area contributed by atoms with Crippen LogP contribution in [0.4, 0.5) is 5.69 Å². The van der Waals surface area contributed by atoms with Gasteiger partial charge in [-0.1, -0.05) is 25.7 Å². The molecule has 1 aromatic carbocycles. The third kappa shape index (κ3) is 3.43. The molecule has 4 rings (SSSR count). The van der Waals surface area contributed by atoms with Crippen LogP contribution in [-0.4, -0.2) is 31.2 Å². The average molecular weight is 344 g/mol. The monoisotopic (exact) mass is 344 g/mol. The Bertz CT molecular complexity index is 667. The number of amides is 2. The first-order chi connectivity index (χ1) is 12.2. The number of rotatable bonds is 3. The van der Waals surface area contributed by atoms with E-state index in [1.807, 2.05) is 18.2 Å². The Morgan fingerprint density at radius 3 is 2.64 bits per heavy atom. The summed E-state index contributed by atoms with van der Waals surface area (Å²) in [4.78, 5) is 26.7. The number of nitrogens with zero attached hydrogens (tertiary/aromatic N) is 1. The molecule has 1 saturated carbocycles. The molecule has 1 N–H and O–H groups in total. The first kappa shape index (κ1) is 16.2. The van der Waals surface area contributed by atoms with E-state index < -0.39 is 0 Å². The molecule has 2 amide bonds. The van der Waals surface area contributed by atoms with Gasteiger partial charge in [-0.2, -0.15) is 0 Å². The van der Waals surface area contributed by atoms with Crippen LogP contribution in [0.25, 0.3) is 0 Å². The Morgan fingerprint density at radius 2 is 1.84 bits per heavy atom. The summed E-state index contributed by atoms with van der Waals surface area (Å²) < 4.78 is 10.7. The number of anilines is 1. The van der Waals surface area contributed by atoms with Gasteiger partial charge in [0.25, 0.3) is 0 Å². The van der Waals surface area contributed by atoms with Crippen molar-refractivity contribution in [2.24, 2.45) is 5.92 Å². The van der Waals surface area contributed by atoms with E-state index in [1.54, 1.807) is 4.90 Å². The molecule has 3 aliphatic rings. The maximum absolute atomic E-state index is 12.6. The summed E-state index contributed by atoms with van der Waals surface area (Å²) in [6.07, 6.45) is 7.25. The van der Waals surface area contributed by atoms with Crippen molar-refractivity contribution in [1.29, 1.82) is 0 Å². The summed E-state index contributed by atoms with van der Waals surface area (Å²) in [5.41, 5.74) is 0.763.